The number of pyridine rings is 1. The van der Waals surface area contributed by atoms with Crippen LogP contribution >= 0.6 is 0 Å². The molecule has 168 valence electrons. The van der Waals surface area contributed by atoms with Gasteiger partial charge in [0.25, 0.3) is 0 Å². The van der Waals surface area contributed by atoms with Crippen LogP contribution in [-0.4, -0.2) is 16.9 Å². The van der Waals surface area contributed by atoms with Gasteiger partial charge in [-0.1, -0.05) is 85.8 Å². The Morgan fingerprint density at radius 1 is 0.794 bits per heavy atom. The van der Waals surface area contributed by atoms with Gasteiger partial charge in [0.1, 0.15) is 0 Å². The lowest BCUT2D eigenvalue weighted by Crippen LogP contribution is -2.20. The van der Waals surface area contributed by atoms with E-state index >= 15 is 0 Å². The van der Waals surface area contributed by atoms with Crippen molar-refractivity contribution in [3.8, 4) is 22.4 Å². The maximum Gasteiger partial charge on any atom is 0.0723 e. The molecular weight excluding hydrogens is 412 g/mol. The summed E-state index contributed by atoms with van der Waals surface area (Å²) in [5, 5.41) is 0. The van der Waals surface area contributed by atoms with Crippen LogP contribution in [0.25, 0.3) is 22.4 Å². The lowest BCUT2D eigenvalue weighted by molar-refractivity contribution is 0.387. The van der Waals surface area contributed by atoms with E-state index in [1.165, 1.54) is 38.9 Å². The monoisotopic (exact) mass is 442 g/mol. The van der Waals surface area contributed by atoms with Crippen LogP contribution in [0.15, 0.2) is 116 Å². The minimum Gasteiger partial charge on any atom is -0.370 e. The molecule has 0 bridgehead atoms. The molecule has 1 aliphatic rings. The zero-order chi connectivity index (χ0) is 23.5. The molecule has 0 saturated heterocycles. The molecule has 0 amide bonds. The first-order valence-corrected chi connectivity index (χ1v) is 11.9. The molecule has 0 spiro atoms. The van der Waals surface area contributed by atoms with Crippen LogP contribution in [0.4, 0.5) is 0 Å². The summed E-state index contributed by atoms with van der Waals surface area (Å²) >= 11 is 0. The summed E-state index contributed by atoms with van der Waals surface area (Å²) in [6, 6.07) is 30.7. The Bertz CT molecular complexity index is 1350. The van der Waals surface area contributed by atoms with Gasteiger partial charge in [0.15, 0.2) is 0 Å². The van der Waals surface area contributed by atoms with Crippen LogP contribution < -0.4 is 0 Å². The predicted molar refractivity (Wildman–Crippen MR) is 143 cm³/mol. The van der Waals surface area contributed by atoms with Crippen LogP contribution in [0, 0.1) is 6.92 Å². The van der Waals surface area contributed by atoms with Crippen molar-refractivity contribution in [2.45, 2.75) is 25.8 Å². The van der Waals surface area contributed by atoms with E-state index in [9.17, 15) is 0 Å². The van der Waals surface area contributed by atoms with Gasteiger partial charge in [-0.05, 0) is 70.8 Å². The summed E-state index contributed by atoms with van der Waals surface area (Å²) in [6.07, 6.45) is 10.6. The van der Waals surface area contributed by atoms with E-state index in [2.05, 4.69) is 135 Å². The number of aromatic nitrogens is 1. The Morgan fingerprint density at radius 2 is 1.59 bits per heavy atom. The van der Waals surface area contributed by atoms with Gasteiger partial charge in [-0.2, -0.15) is 0 Å². The molecule has 2 atom stereocenters. The van der Waals surface area contributed by atoms with Crippen LogP contribution in [0.2, 0.25) is 0 Å². The second-order valence-corrected chi connectivity index (χ2v) is 9.07. The fraction of sp³-hybridized carbons (Fsp3) is 0.156. The first-order chi connectivity index (χ1) is 16.6. The van der Waals surface area contributed by atoms with Crippen molar-refractivity contribution in [3.05, 3.63) is 138 Å². The minimum absolute atomic E-state index is 0.214. The number of benzene rings is 3. The quantitative estimate of drug-likeness (QED) is 0.312. The Hall–Kier alpha value is -3.91. The maximum absolute atomic E-state index is 4.78. The fourth-order valence-corrected chi connectivity index (χ4v) is 4.90. The lowest BCUT2D eigenvalue weighted by atomic mass is 9.83. The molecule has 2 heterocycles. The number of hydrogen-bond acceptors (Lipinski definition) is 2. The predicted octanol–water partition coefficient (Wildman–Crippen LogP) is 7.93. The minimum atomic E-state index is 0.214. The highest BCUT2D eigenvalue weighted by atomic mass is 15.1. The third kappa shape index (κ3) is 4.32. The average Bonchev–Trinajstić information content (AvgIpc) is 2.89. The Kier molecular flexibility index (Phi) is 6.14. The third-order valence-corrected chi connectivity index (χ3v) is 6.76. The van der Waals surface area contributed by atoms with Crippen molar-refractivity contribution in [1.29, 1.82) is 0 Å². The molecule has 1 aliphatic heterocycles. The van der Waals surface area contributed by atoms with Crippen LogP contribution in [0.3, 0.4) is 0 Å². The molecule has 0 radical (unpaired) electrons. The van der Waals surface area contributed by atoms with Crippen molar-refractivity contribution in [2.24, 2.45) is 0 Å². The van der Waals surface area contributed by atoms with E-state index in [1.54, 1.807) is 0 Å². The summed E-state index contributed by atoms with van der Waals surface area (Å²) in [5.74, 6) is 0.214. The van der Waals surface area contributed by atoms with Crippen molar-refractivity contribution in [2.75, 3.05) is 7.05 Å². The molecule has 5 rings (SSSR count). The van der Waals surface area contributed by atoms with Crippen molar-refractivity contribution < 1.29 is 0 Å². The Morgan fingerprint density at radius 3 is 2.38 bits per heavy atom. The standard InChI is InChI=1S/C32H30N2/c1-23-18-19-33-31(21-23)30-22-26(25-11-5-4-6-12-25)16-17-28(30)24(2)27-13-7-8-14-29(27)32-15-9-10-20-34(32)3/h4-22,24,32H,1-3H3/t24-,32?/m0/s1. The first-order valence-electron chi connectivity index (χ1n) is 11.9. The van der Waals surface area contributed by atoms with Gasteiger partial charge in [0.05, 0.1) is 11.7 Å². The zero-order valence-electron chi connectivity index (χ0n) is 20.0. The molecule has 0 N–H and O–H groups in total. The molecule has 3 aromatic carbocycles. The number of likely N-dealkylation sites (N-methyl/N-ethyl adjacent to an activating group) is 1. The van der Waals surface area contributed by atoms with Gasteiger partial charge >= 0.3 is 0 Å². The number of rotatable bonds is 5. The molecule has 1 unspecified atom stereocenters. The molecule has 0 saturated carbocycles. The zero-order valence-corrected chi connectivity index (χ0v) is 20.0. The molecule has 2 heteroatoms. The van der Waals surface area contributed by atoms with E-state index in [0.29, 0.717) is 0 Å². The van der Waals surface area contributed by atoms with Crippen molar-refractivity contribution >= 4 is 0 Å². The van der Waals surface area contributed by atoms with Gasteiger partial charge in [0, 0.05) is 24.7 Å². The van der Waals surface area contributed by atoms with E-state index in [1.807, 2.05) is 6.20 Å². The van der Waals surface area contributed by atoms with E-state index in [-0.39, 0.29) is 12.0 Å². The second kappa shape index (κ2) is 9.52. The molecule has 1 aromatic heterocycles. The summed E-state index contributed by atoms with van der Waals surface area (Å²) < 4.78 is 0. The van der Waals surface area contributed by atoms with Crippen molar-refractivity contribution in [3.63, 3.8) is 0 Å². The fourth-order valence-electron chi connectivity index (χ4n) is 4.90. The van der Waals surface area contributed by atoms with E-state index in [0.717, 1.165) is 5.69 Å². The molecular formula is C32H30N2. The SMILES string of the molecule is Cc1ccnc(-c2cc(-c3ccccc3)ccc2[C@@H](C)c2ccccc2C2C=CC=CN2C)c1. The highest BCUT2D eigenvalue weighted by Crippen LogP contribution is 2.39. The summed E-state index contributed by atoms with van der Waals surface area (Å²) in [6.45, 7) is 4.45. The number of hydrogen-bond donors (Lipinski definition) is 0. The lowest BCUT2D eigenvalue weighted by Gasteiger charge is -2.30. The smallest absolute Gasteiger partial charge is 0.0723 e. The molecule has 4 aromatic rings. The largest absolute Gasteiger partial charge is 0.370 e. The summed E-state index contributed by atoms with van der Waals surface area (Å²) in [4.78, 5) is 7.05. The summed E-state index contributed by atoms with van der Waals surface area (Å²) in [7, 11) is 2.14. The molecule has 0 fully saturated rings. The molecule has 2 nitrogen and oxygen atoms in total. The highest BCUT2D eigenvalue weighted by molar-refractivity contribution is 5.75. The van der Waals surface area contributed by atoms with E-state index in [4.69, 9.17) is 4.98 Å². The van der Waals surface area contributed by atoms with Crippen molar-refractivity contribution in [1.82, 2.24) is 9.88 Å². The first kappa shape index (κ1) is 21.9. The average molecular weight is 443 g/mol. The van der Waals surface area contributed by atoms with Gasteiger partial charge in [-0.25, -0.2) is 0 Å². The highest BCUT2D eigenvalue weighted by Gasteiger charge is 2.23. The second-order valence-electron chi connectivity index (χ2n) is 9.07. The molecule has 34 heavy (non-hydrogen) atoms. The van der Waals surface area contributed by atoms with Crippen LogP contribution in [0.5, 0.6) is 0 Å². The van der Waals surface area contributed by atoms with Crippen LogP contribution in [-0.2, 0) is 0 Å². The van der Waals surface area contributed by atoms with Crippen LogP contribution in [0.1, 0.15) is 41.1 Å². The normalized spacial score (nSPS) is 16.0. The maximum atomic E-state index is 4.78. The topological polar surface area (TPSA) is 16.1 Å². The van der Waals surface area contributed by atoms with Gasteiger partial charge < -0.3 is 4.90 Å². The number of allylic oxidation sites excluding steroid dienone is 2. The van der Waals surface area contributed by atoms with Gasteiger partial charge in [-0.15, -0.1) is 0 Å². The number of aryl methyl sites for hydroxylation is 1. The molecule has 0 aliphatic carbocycles. The van der Waals surface area contributed by atoms with Gasteiger partial charge in [0.2, 0.25) is 0 Å². The Labute approximate surface area is 202 Å². The number of nitrogens with zero attached hydrogens (tertiary/aromatic N) is 2. The Balaban J connectivity index is 1.64. The third-order valence-electron chi connectivity index (χ3n) is 6.76. The van der Waals surface area contributed by atoms with Gasteiger partial charge in [-0.3, -0.25) is 4.98 Å². The van der Waals surface area contributed by atoms with E-state index < -0.39 is 0 Å². The summed E-state index contributed by atoms with van der Waals surface area (Å²) in [5.41, 5.74) is 9.85.